The molecule has 0 aliphatic rings. The first-order valence-corrected chi connectivity index (χ1v) is 14.0. The molecular weight excluding hydrogens is 520 g/mol. The summed E-state index contributed by atoms with van der Waals surface area (Å²) in [6.07, 6.45) is 4.46. The Hall–Kier alpha value is -3.75. The quantitative estimate of drug-likeness (QED) is 0.173. The number of carbonyl (C=O) groups excluding carboxylic acids is 3. The van der Waals surface area contributed by atoms with E-state index in [1.54, 1.807) is 19.1 Å². The van der Waals surface area contributed by atoms with Crippen molar-refractivity contribution in [1.29, 1.82) is 0 Å². The van der Waals surface area contributed by atoms with Crippen LogP contribution in [0.25, 0.3) is 0 Å². The molecule has 2 rings (SSSR count). The molecule has 222 valence electrons. The summed E-state index contributed by atoms with van der Waals surface area (Å²) in [7, 11) is 1.51. The molecule has 0 heterocycles. The van der Waals surface area contributed by atoms with Crippen molar-refractivity contribution in [2.75, 3.05) is 20.3 Å². The summed E-state index contributed by atoms with van der Waals surface area (Å²) >= 11 is 0. The number of hydrogen-bond donors (Lipinski definition) is 3. The Morgan fingerprint density at radius 2 is 1.61 bits per heavy atom. The highest BCUT2D eigenvalue weighted by Gasteiger charge is 2.33. The molecule has 2 aromatic carbocycles. The first-order chi connectivity index (χ1) is 19.8. The van der Waals surface area contributed by atoms with Crippen molar-refractivity contribution < 1.29 is 29.0 Å². The van der Waals surface area contributed by atoms with Gasteiger partial charge in [0.2, 0.25) is 11.8 Å². The number of rotatable bonds is 19. The van der Waals surface area contributed by atoms with Crippen molar-refractivity contribution in [3.8, 4) is 0 Å². The van der Waals surface area contributed by atoms with Gasteiger partial charge in [0.1, 0.15) is 6.10 Å². The normalized spacial score (nSPS) is 14.5. The van der Waals surface area contributed by atoms with Crippen LogP contribution in [-0.4, -0.2) is 55.3 Å². The Morgan fingerprint density at radius 1 is 0.951 bits per heavy atom. The van der Waals surface area contributed by atoms with E-state index in [-0.39, 0.29) is 43.8 Å². The molecule has 0 aliphatic heterocycles. The maximum absolute atomic E-state index is 13.6. The van der Waals surface area contributed by atoms with Crippen LogP contribution in [0.15, 0.2) is 86.0 Å². The van der Waals surface area contributed by atoms with Crippen molar-refractivity contribution in [1.82, 2.24) is 10.6 Å². The minimum absolute atomic E-state index is 0.0726. The molecule has 5 atom stereocenters. The van der Waals surface area contributed by atoms with E-state index in [4.69, 9.17) is 9.47 Å². The number of aliphatic hydroxyl groups excluding tert-OH is 1. The van der Waals surface area contributed by atoms with Crippen LogP contribution in [0.3, 0.4) is 0 Å². The van der Waals surface area contributed by atoms with E-state index >= 15 is 0 Å². The van der Waals surface area contributed by atoms with Gasteiger partial charge in [0.25, 0.3) is 0 Å². The van der Waals surface area contributed by atoms with Gasteiger partial charge in [0.15, 0.2) is 0 Å². The van der Waals surface area contributed by atoms with Crippen molar-refractivity contribution in [3.63, 3.8) is 0 Å². The first kappa shape index (κ1) is 33.5. The minimum atomic E-state index is -0.831. The maximum Gasteiger partial charge on any atom is 0.309 e. The van der Waals surface area contributed by atoms with Gasteiger partial charge in [-0.2, -0.15) is 0 Å². The maximum atomic E-state index is 13.6. The summed E-state index contributed by atoms with van der Waals surface area (Å²) in [5, 5.41) is 14.9. The zero-order chi connectivity index (χ0) is 30.0. The number of carbonyl (C=O) groups is 3. The summed E-state index contributed by atoms with van der Waals surface area (Å²) < 4.78 is 11.6. The average molecular weight is 565 g/mol. The summed E-state index contributed by atoms with van der Waals surface area (Å²) in [5.41, 5.74) is 1.73. The zero-order valence-corrected chi connectivity index (χ0v) is 24.2. The molecule has 0 radical (unpaired) electrons. The van der Waals surface area contributed by atoms with Crippen LogP contribution < -0.4 is 10.6 Å². The summed E-state index contributed by atoms with van der Waals surface area (Å²) in [6.45, 7) is 9.07. The molecule has 8 nitrogen and oxygen atoms in total. The highest BCUT2D eigenvalue weighted by Crippen LogP contribution is 2.27. The third kappa shape index (κ3) is 11.7. The van der Waals surface area contributed by atoms with E-state index in [1.165, 1.54) is 7.11 Å². The van der Waals surface area contributed by atoms with Gasteiger partial charge < -0.3 is 25.2 Å². The molecule has 3 N–H and O–H groups in total. The smallest absolute Gasteiger partial charge is 0.309 e. The second-order valence-electron chi connectivity index (χ2n) is 10.2. The number of benzene rings is 2. The van der Waals surface area contributed by atoms with Crippen LogP contribution in [0.5, 0.6) is 0 Å². The highest BCUT2D eigenvalue weighted by molar-refractivity contribution is 5.86. The number of hydrogen-bond acceptors (Lipinski definition) is 6. The fourth-order valence-electron chi connectivity index (χ4n) is 4.54. The molecule has 0 fully saturated rings. The van der Waals surface area contributed by atoms with Crippen molar-refractivity contribution in [3.05, 3.63) is 97.1 Å². The molecule has 8 heteroatoms. The number of esters is 1. The van der Waals surface area contributed by atoms with Gasteiger partial charge in [-0.15, -0.1) is 13.2 Å². The van der Waals surface area contributed by atoms with E-state index in [0.717, 1.165) is 5.56 Å². The predicted molar refractivity (Wildman–Crippen MR) is 160 cm³/mol. The van der Waals surface area contributed by atoms with E-state index < -0.39 is 30.0 Å². The Morgan fingerprint density at radius 3 is 2.20 bits per heavy atom. The minimum Gasteiger partial charge on any atom is -0.455 e. The monoisotopic (exact) mass is 564 g/mol. The van der Waals surface area contributed by atoms with Gasteiger partial charge >= 0.3 is 5.97 Å². The molecular formula is C33H44N2O6. The molecule has 0 aliphatic carbocycles. The molecule has 0 spiro atoms. The van der Waals surface area contributed by atoms with Crippen LogP contribution in [0, 0.1) is 11.8 Å². The van der Waals surface area contributed by atoms with Crippen LogP contribution in [-0.2, 0) is 30.3 Å². The van der Waals surface area contributed by atoms with Gasteiger partial charge in [-0.05, 0) is 43.7 Å². The molecule has 0 saturated heterocycles. The van der Waals surface area contributed by atoms with Gasteiger partial charge in [-0.1, -0.05) is 72.8 Å². The largest absolute Gasteiger partial charge is 0.455 e. The fraction of sp³-hybridized carbons (Fsp3) is 0.424. The average Bonchev–Trinajstić information content (AvgIpc) is 2.98. The van der Waals surface area contributed by atoms with Crippen LogP contribution in [0.1, 0.15) is 49.8 Å². The first-order valence-electron chi connectivity index (χ1n) is 14.0. The molecule has 0 unspecified atom stereocenters. The van der Waals surface area contributed by atoms with Crippen molar-refractivity contribution in [2.24, 2.45) is 11.8 Å². The van der Waals surface area contributed by atoms with Crippen LogP contribution in [0.4, 0.5) is 0 Å². The fourth-order valence-corrected chi connectivity index (χ4v) is 4.54. The Bertz CT molecular complexity index is 1090. The highest BCUT2D eigenvalue weighted by atomic mass is 16.5. The number of amides is 2. The standard InChI is InChI=1S/C33H44N2O6/c1-5-7-17-28(20-25-15-10-8-11-16-25)33(39)41-31(26-18-12-9-13-19-26)29(23-40-4)35-32(38)27(14-6-2)21-30(37)34-24(3)22-36/h5-6,8-13,15-16,18-19,24,27-29,31,36H,1-2,7,14,17,20-23H2,3-4H3,(H,34,37)(H,35,38)/t24-,27-,28+,29-,31-/m0/s1. The molecule has 0 aromatic heterocycles. The van der Waals surface area contributed by atoms with E-state index in [9.17, 15) is 19.5 Å². The number of ether oxygens (including phenoxy) is 2. The summed E-state index contributed by atoms with van der Waals surface area (Å²) in [4.78, 5) is 39.6. The second kappa shape index (κ2) is 18.6. The third-order valence-corrected chi connectivity index (χ3v) is 6.72. The number of allylic oxidation sites excluding steroid dienone is 2. The van der Waals surface area contributed by atoms with Crippen molar-refractivity contribution >= 4 is 17.8 Å². The molecule has 2 amide bonds. The Labute approximate surface area is 243 Å². The third-order valence-electron chi connectivity index (χ3n) is 6.72. The van der Waals surface area contributed by atoms with E-state index in [1.807, 2.05) is 60.7 Å². The predicted octanol–water partition coefficient (Wildman–Crippen LogP) is 4.31. The SMILES string of the molecule is C=CCC[C@H](Cc1ccccc1)C(=O)O[C@@H](c1ccccc1)[C@H](COC)NC(=O)[C@@H](CC=C)CC(=O)N[C@@H](C)CO. The lowest BCUT2D eigenvalue weighted by Gasteiger charge is -2.30. The lowest BCUT2D eigenvalue weighted by atomic mass is 9.94. The van der Waals surface area contributed by atoms with Crippen LogP contribution in [0.2, 0.25) is 0 Å². The summed E-state index contributed by atoms with van der Waals surface area (Å²) in [6, 6.07) is 17.8. The molecule has 41 heavy (non-hydrogen) atoms. The summed E-state index contributed by atoms with van der Waals surface area (Å²) in [5.74, 6) is -2.23. The van der Waals surface area contributed by atoms with E-state index in [2.05, 4.69) is 23.8 Å². The topological polar surface area (TPSA) is 114 Å². The molecule has 0 bridgehead atoms. The van der Waals surface area contributed by atoms with Gasteiger partial charge in [0.05, 0.1) is 31.1 Å². The van der Waals surface area contributed by atoms with Crippen LogP contribution >= 0.6 is 0 Å². The Kier molecular flexibility index (Phi) is 15.2. The lowest BCUT2D eigenvalue weighted by Crippen LogP contribution is -2.47. The molecule has 2 aromatic rings. The Balaban J connectivity index is 2.31. The number of aliphatic hydroxyl groups is 1. The molecule has 0 saturated carbocycles. The number of methoxy groups -OCH3 is 1. The van der Waals surface area contributed by atoms with Crippen molar-refractivity contribution in [2.45, 2.75) is 57.2 Å². The van der Waals surface area contributed by atoms with E-state index in [0.29, 0.717) is 24.8 Å². The number of nitrogens with one attached hydrogen (secondary N) is 2. The second-order valence-corrected chi connectivity index (χ2v) is 10.2. The zero-order valence-electron chi connectivity index (χ0n) is 24.2. The van der Waals surface area contributed by atoms with Gasteiger partial charge in [0, 0.05) is 19.6 Å². The van der Waals surface area contributed by atoms with Gasteiger partial charge in [-0.3, -0.25) is 14.4 Å². The lowest BCUT2D eigenvalue weighted by molar-refractivity contribution is -0.158. The van der Waals surface area contributed by atoms with Gasteiger partial charge in [-0.25, -0.2) is 0 Å².